The van der Waals surface area contributed by atoms with E-state index in [0.717, 1.165) is 22.4 Å². The number of benzene rings is 1. The standard InChI is InChI=1S/C16H18N4O2S/c1-3-6-12-15(20(21)22)14(11-9-17-19-16(11)18-12)10-7-4-5-8-13(10)23-2/h4-5,7-9,14H,3,6H2,1-2H3,(H2,17,18,19). The molecule has 1 aromatic carbocycles. The van der Waals surface area contributed by atoms with Crippen LogP contribution in [0.1, 0.15) is 36.8 Å². The predicted molar refractivity (Wildman–Crippen MR) is 91.2 cm³/mol. The molecule has 1 aliphatic heterocycles. The van der Waals surface area contributed by atoms with Crippen LogP contribution in [0.4, 0.5) is 5.82 Å². The third-order valence-corrected chi connectivity index (χ3v) is 4.79. The third-order valence-electron chi connectivity index (χ3n) is 3.98. The smallest absolute Gasteiger partial charge is 0.277 e. The predicted octanol–water partition coefficient (Wildman–Crippen LogP) is 3.98. The summed E-state index contributed by atoms with van der Waals surface area (Å²) in [6.07, 6.45) is 5.19. The molecule has 0 saturated heterocycles. The first kappa shape index (κ1) is 15.6. The van der Waals surface area contributed by atoms with Crippen LogP contribution in [0.3, 0.4) is 0 Å². The van der Waals surface area contributed by atoms with Gasteiger partial charge in [0.2, 0.25) is 0 Å². The zero-order valence-corrected chi connectivity index (χ0v) is 13.8. The number of aromatic amines is 1. The number of nitrogens with one attached hydrogen (secondary N) is 2. The zero-order chi connectivity index (χ0) is 16.4. The van der Waals surface area contributed by atoms with Gasteiger partial charge in [0.1, 0.15) is 5.92 Å². The molecule has 0 spiro atoms. The Hall–Kier alpha value is -2.28. The number of allylic oxidation sites excluding steroid dienone is 2. The summed E-state index contributed by atoms with van der Waals surface area (Å²) in [6.45, 7) is 2.01. The van der Waals surface area contributed by atoms with Gasteiger partial charge in [-0.2, -0.15) is 5.10 Å². The monoisotopic (exact) mass is 330 g/mol. The van der Waals surface area contributed by atoms with Crippen molar-refractivity contribution in [3.63, 3.8) is 0 Å². The van der Waals surface area contributed by atoms with Gasteiger partial charge < -0.3 is 5.32 Å². The Bertz CT molecular complexity index is 769. The second kappa shape index (κ2) is 6.45. The van der Waals surface area contributed by atoms with E-state index in [1.165, 1.54) is 0 Å². The van der Waals surface area contributed by atoms with Gasteiger partial charge in [-0.15, -0.1) is 11.8 Å². The summed E-state index contributed by atoms with van der Waals surface area (Å²) >= 11 is 1.60. The van der Waals surface area contributed by atoms with Gasteiger partial charge in [-0.3, -0.25) is 15.2 Å². The number of nitrogens with zero attached hydrogens (tertiary/aromatic N) is 2. The highest BCUT2D eigenvalue weighted by Gasteiger charge is 2.39. The molecule has 1 atom stereocenters. The molecule has 0 saturated carbocycles. The molecule has 7 heteroatoms. The highest BCUT2D eigenvalue weighted by molar-refractivity contribution is 7.98. The average Bonchev–Trinajstić information content (AvgIpc) is 3.01. The van der Waals surface area contributed by atoms with Gasteiger partial charge in [-0.05, 0) is 24.3 Å². The summed E-state index contributed by atoms with van der Waals surface area (Å²) in [5, 5.41) is 22.0. The number of hydrogen-bond acceptors (Lipinski definition) is 5. The first-order chi connectivity index (χ1) is 11.2. The fourth-order valence-corrected chi connectivity index (χ4v) is 3.66. The lowest BCUT2D eigenvalue weighted by atomic mass is 9.86. The van der Waals surface area contributed by atoms with E-state index < -0.39 is 5.92 Å². The highest BCUT2D eigenvalue weighted by atomic mass is 32.2. The molecule has 0 amide bonds. The quantitative estimate of drug-likeness (QED) is 0.492. The van der Waals surface area contributed by atoms with Gasteiger partial charge in [-0.1, -0.05) is 31.5 Å². The Kier molecular flexibility index (Phi) is 4.38. The summed E-state index contributed by atoms with van der Waals surface area (Å²) in [4.78, 5) is 12.6. The van der Waals surface area contributed by atoms with Crippen LogP contribution in [0.15, 0.2) is 46.8 Å². The van der Waals surface area contributed by atoms with Crippen molar-refractivity contribution in [2.24, 2.45) is 0 Å². The molecule has 120 valence electrons. The van der Waals surface area contributed by atoms with Crippen molar-refractivity contribution in [1.29, 1.82) is 0 Å². The molecule has 23 heavy (non-hydrogen) atoms. The lowest BCUT2D eigenvalue weighted by Crippen LogP contribution is -2.23. The molecule has 0 radical (unpaired) electrons. The van der Waals surface area contributed by atoms with Gasteiger partial charge >= 0.3 is 0 Å². The van der Waals surface area contributed by atoms with Gasteiger partial charge in [0.25, 0.3) is 5.70 Å². The first-order valence-electron chi connectivity index (χ1n) is 7.48. The average molecular weight is 330 g/mol. The minimum absolute atomic E-state index is 0.224. The van der Waals surface area contributed by atoms with Crippen LogP contribution in [0.25, 0.3) is 0 Å². The molecule has 2 aromatic rings. The maximum absolute atomic E-state index is 11.8. The van der Waals surface area contributed by atoms with Crippen molar-refractivity contribution in [2.45, 2.75) is 30.6 Å². The van der Waals surface area contributed by atoms with Crippen molar-refractivity contribution < 1.29 is 4.92 Å². The molecule has 0 bridgehead atoms. The summed E-state index contributed by atoms with van der Waals surface area (Å²) in [5.41, 5.74) is 2.64. The number of fused-ring (bicyclic) bond motifs is 1. The van der Waals surface area contributed by atoms with Gasteiger partial charge in [-0.25, -0.2) is 0 Å². The van der Waals surface area contributed by atoms with Crippen molar-refractivity contribution in [3.05, 3.63) is 63.1 Å². The number of thioether (sulfide) groups is 1. The second-order valence-corrected chi connectivity index (χ2v) is 6.21. The van der Waals surface area contributed by atoms with Gasteiger partial charge in [0.05, 0.1) is 10.6 Å². The Labute approximate surface area is 138 Å². The number of hydrogen-bond donors (Lipinski definition) is 2. The first-order valence-corrected chi connectivity index (χ1v) is 8.70. The van der Waals surface area contributed by atoms with Crippen LogP contribution < -0.4 is 5.32 Å². The largest absolute Gasteiger partial charge is 0.337 e. The third kappa shape index (κ3) is 2.72. The van der Waals surface area contributed by atoms with E-state index in [2.05, 4.69) is 15.5 Å². The topological polar surface area (TPSA) is 83.8 Å². The van der Waals surface area contributed by atoms with Crippen molar-refractivity contribution in [3.8, 4) is 0 Å². The van der Waals surface area contributed by atoms with Crippen LogP contribution in [0, 0.1) is 10.1 Å². The van der Waals surface area contributed by atoms with E-state index in [-0.39, 0.29) is 10.6 Å². The maximum Gasteiger partial charge on any atom is 0.277 e. The Morgan fingerprint density at radius 2 is 2.13 bits per heavy atom. The number of H-pyrrole nitrogens is 1. The van der Waals surface area contributed by atoms with E-state index in [1.54, 1.807) is 18.0 Å². The lowest BCUT2D eigenvalue weighted by molar-refractivity contribution is -0.430. The van der Waals surface area contributed by atoms with E-state index in [0.29, 0.717) is 17.9 Å². The van der Waals surface area contributed by atoms with Crippen LogP contribution in [-0.4, -0.2) is 21.4 Å². The Morgan fingerprint density at radius 3 is 2.83 bits per heavy atom. The molecule has 0 fully saturated rings. The number of nitro groups is 1. The highest BCUT2D eigenvalue weighted by Crippen LogP contribution is 2.44. The van der Waals surface area contributed by atoms with Gasteiger partial charge in [0.15, 0.2) is 5.82 Å². The van der Waals surface area contributed by atoms with Gasteiger partial charge in [0, 0.05) is 16.7 Å². The van der Waals surface area contributed by atoms with Crippen LogP contribution in [0.2, 0.25) is 0 Å². The number of aromatic nitrogens is 2. The van der Waals surface area contributed by atoms with Crippen molar-refractivity contribution in [2.75, 3.05) is 11.6 Å². The van der Waals surface area contributed by atoms with Crippen molar-refractivity contribution in [1.82, 2.24) is 10.2 Å². The molecule has 1 aromatic heterocycles. The minimum Gasteiger partial charge on any atom is -0.337 e. The zero-order valence-electron chi connectivity index (χ0n) is 13.0. The fourth-order valence-electron chi connectivity index (χ4n) is 3.02. The summed E-state index contributed by atoms with van der Waals surface area (Å²) < 4.78 is 0. The fraction of sp³-hybridized carbons (Fsp3) is 0.312. The minimum atomic E-state index is -0.412. The molecule has 1 unspecified atom stereocenters. The van der Waals surface area contributed by atoms with Crippen molar-refractivity contribution >= 4 is 17.6 Å². The van der Waals surface area contributed by atoms with E-state index >= 15 is 0 Å². The normalized spacial score (nSPS) is 16.9. The molecular formula is C16H18N4O2S. The maximum atomic E-state index is 11.8. The Morgan fingerprint density at radius 1 is 1.35 bits per heavy atom. The Balaban J connectivity index is 2.23. The SMILES string of the molecule is CCCC1=C([N+](=O)[O-])C(c2ccccc2SC)c2c[nH]nc2N1. The number of anilines is 1. The molecule has 3 rings (SSSR count). The molecule has 2 N–H and O–H groups in total. The summed E-state index contributed by atoms with van der Waals surface area (Å²) in [6, 6.07) is 7.84. The molecule has 6 nitrogen and oxygen atoms in total. The number of rotatable bonds is 5. The van der Waals surface area contributed by atoms with E-state index in [1.807, 2.05) is 37.4 Å². The lowest BCUT2D eigenvalue weighted by Gasteiger charge is -2.24. The van der Waals surface area contributed by atoms with Crippen LogP contribution in [0.5, 0.6) is 0 Å². The molecule has 2 heterocycles. The second-order valence-electron chi connectivity index (χ2n) is 5.36. The summed E-state index contributed by atoms with van der Waals surface area (Å²) in [7, 11) is 0. The van der Waals surface area contributed by atoms with Crippen LogP contribution >= 0.6 is 11.8 Å². The van der Waals surface area contributed by atoms with Crippen LogP contribution in [-0.2, 0) is 0 Å². The van der Waals surface area contributed by atoms with E-state index in [4.69, 9.17) is 0 Å². The molecule has 0 aliphatic carbocycles. The molecule has 1 aliphatic rings. The summed E-state index contributed by atoms with van der Waals surface area (Å²) in [5.74, 6) is 0.269. The van der Waals surface area contributed by atoms with E-state index in [9.17, 15) is 10.1 Å². The molecular weight excluding hydrogens is 312 g/mol.